The summed E-state index contributed by atoms with van der Waals surface area (Å²) in [6.07, 6.45) is 1.95. The minimum atomic E-state index is 0.00195. The molecule has 1 aromatic carbocycles. The molecule has 1 N–H and O–H groups in total. The van der Waals surface area contributed by atoms with E-state index in [4.69, 9.17) is 16.6 Å². The van der Waals surface area contributed by atoms with Crippen molar-refractivity contribution < 1.29 is 0 Å². The summed E-state index contributed by atoms with van der Waals surface area (Å²) in [6.45, 7) is 6.47. The van der Waals surface area contributed by atoms with Gasteiger partial charge in [-0.3, -0.25) is 0 Å². The van der Waals surface area contributed by atoms with E-state index >= 15 is 0 Å². The Morgan fingerprint density at radius 3 is 2.74 bits per heavy atom. The molecule has 0 aliphatic heterocycles. The van der Waals surface area contributed by atoms with Gasteiger partial charge in [-0.1, -0.05) is 25.1 Å². The van der Waals surface area contributed by atoms with Crippen LogP contribution in [0.3, 0.4) is 0 Å². The van der Waals surface area contributed by atoms with Gasteiger partial charge in [-0.05, 0) is 44.4 Å². The van der Waals surface area contributed by atoms with Crippen LogP contribution in [0.4, 0.5) is 5.82 Å². The first-order valence-corrected chi connectivity index (χ1v) is 7.32. The van der Waals surface area contributed by atoms with E-state index in [0.29, 0.717) is 5.88 Å². The average Bonchev–Trinajstić information content (AvgIpc) is 2.40. The first kappa shape index (κ1) is 14.1. The van der Waals surface area contributed by atoms with Crippen LogP contribution in [0.2, 0.25) is 0 Å². The summed E-state index contributed by atoms with van der Waals surface area (Å²) >= 11 is 5.91. The second-order valence-corrected chi connectivity index (χ2v) is 5.70. The fourth-order valence-corrected chi connectivity index (χ4v) is 2.59. The molecule has 0 bridgehead atoms. The molecule has 0 saturated heterocycles. The smallest absolute Gasteiger partial charge is 0.130 e. The molecule has 102 valence electrons. The highest BCUT2D eigenvalue weighted by Gasteiger charge is 2.22. The van der Waals surface area contributed by atoms with Gasteiger partial charge >= 0.3 is 0 Å². The number of pyridine rings is 1. The van der Waals surface area contributed by atoms with Crippen LogP contribution in [-0.4, -0.2) is 16.4 Å². The van der Waals surface area contributed by atoms with E-state index in [9.17, 15) is 0 Å². The van der Waals surface area contributed by atoms with Crippen molar-refractivity contribution in [3.05, 3.63) is 35.9 Å². The normalized spacial score (nSPS) is 14.3. The van der Waals surface area contributed by atoms with Gasteiger partial charge in [-0.2, -0.15) is 0 Å². The molecule has 0 spiro atoms. The van der Waals surface area contributed by atoms with E-state index in [-0.39, 0.29) is 5.54 Å². The van der Waals surface area contributed by atoms with Crippen LogP contribution in [0.25, 0.3) is 10.9 Å². The predicted octanol–water partition coefficient (Wildman–Crippen LogP) is 4.75. The number of hydrogen-bond acceptors (Lipinski definition) is 2. The number of anilines is 1. The Morgan fingerprint density at radius 2 is 2.05 bits per heavy atom. The topological polar surface area (TPSA) is 24.9 Å². The van der Waals surface area contributed by atoms with E-state index < -0.39 is 0 Å². The Kier molecular flexibility index (Phi) is 4.31. The lowest BCUT2D eigenvalue weighted by atomic mass is 9.95. The van der Waals surface area contributed by atoms with Gasteiger partial charge in [0.2, 0.25) is 0 Å². The number of benzene rings is 1. The molecule has 2 rings (SSSR count). The summed E-state index contributed by atoms with van der Waals surface area (Å²) in [7, 11) is 0. The summed E-state index contributed by atoms with van der Waals surface area (Å²) in [5.74, 6) is 1.62. The molecule has 1 atom stereocenters. The SMILES string of the molecule is CCC(C)(CCCl)Nc1nc2ccccc2cc1C. The Bertz CT molecular complexity index is 568. The number of nitrogens with one attached hydrogen (secondary N) is 1. The van der Waals surface area contributed by atoms with Gasteiger partial charge in [0.1, 0.15) is 5.82 Å². The van der Waals surface area contributed by atoms with Crippen LogP contribution in [-0.2, 0) is 0 Å². The van der Waals surface area contributed by atoms with E-state index in [1.165, 1.54) is 10.9 Å². The first-order chi connectivity index (χ1) is 9.08. The number of alkyl halides is 1. The van der Waals surface area contributed by atoms with Crippen molar-refractivity contribution in [3.8, 4) is 0 Å². The standard InChI is InChI=1S/C16H21ClN2/c1-4-16(3,9-10-17)19-15-12(2)11-13-7-5-6-8-14(13)18-15/h5-8,11H,4,9-10H2,1-3H3,(H,18,19). The lowest BCUT2D eigenvalue weighted by Gasteiger charge is -2.30. The maximum absolute atomic E-state index is 5.91. The number of aromatic nitrogens is 1. The maximum atomic E-state index is 5.91. The van der Waals surface area contributed by atoms with Crippen molar-refractivity contribution in [3.63, 3.8) is 0 Å². The van der Waals surface area contributed by atoms with Crippen molar-refractivity contribution in [2.45, 2.75) is 39.2 Å². The molecular formula is C16H21ClN2. The maximum Gasteiger partial charge on any atom is 0.130 e. The van der Waals surface area contributed by atoms with Gasteiger partial charge in [-0.15, -0.1) is 11.6 Å². The molecule has 3 heteroatoms. The highest BCUT2D eigenvalue weighted by Crippen LogP contribution is 2.26. The van der Waals surface area contributed by atoms with Crippen molar-refractivity contribution in [1.82, 2.24) is 4.98 Å². The molecule has 1 unspecified atom stereocenters. The molecular weight excluding hydrogens is 256 g/mol. The van der Waals surface area contributed by atoms with Crippen molar-refractivity contribution in [1.29, 1.82) is 0 Å². The second kappa shape index (κ2) is 5.79. The predicted molar refractivity (Wildman–Crippen MR) is 84.1 cm³/mol. The number of halogens is 1. The second-order valence-electron chi connectivity index (χ2n) is 5.32. The monoisotopic (exact) mass is 276 g/mol. The van der Waals surface area contributed by atoms with Gasteiger partial charge in [-0.25, -0.2) is 4.98 Å². The Balaban J connectivity index is 2.36. The summed E-state index contributed by atoms with van der Waals surface area (Å²) in [6, 6.07) is 10.4. The van der Waals surface area contributed by atoms with Gasteiger partial charge in [0.25, 0.3) is 0 Å². The Morgan fingerprint density at radius 1 is 1.32 bits per heavy atom. The molecule has 0 radical (unpaired) electrons. The number of para-hydroxylation sites is 1. The van der Waals surface area contributed by atoms with Crippen LogP contribution in [0.1, 0.15) is 32.3 Å². The van der Waals surface area contributed by atoms with Crippen molar-refractivity contribution in [2.75, 3.05) is 11.2 Å². The van der Waals surface area contributed by atoms with E-state index in [2.05, 4.69) is 38.2 Å². The number of aryl methyl sites for hydroxylation is 1. The highest BCUT2D eigenvalue weighted by atomic mass is 35.5. The molecule has 1 aromatic heterocycles. The van der Waals surface area contributed by atoms with Gasteiger partial charge in [0.15, 0.2) is 0 Å². The molecule has 19 heavy (non-hydrogen) atoms. The molecule has 0 fully saturated rings. The molecule has 2 nitrogen and oxygen atoms in total. The van der Waals surface area contributed by atoms with Crippen LogP contribution in [0.15, 0.2) is 30.3 Å². The third-order valence-corrected chi connectivity index (χ3v) is 3.95. The largest absolute Gasteiger partial charge is 0.365 e. The fourth-order valence-electron chi connectivity index (χ4n) is 2.17. The minimum Gasteiger partial charge on any atom is -0.365 e. The quantitative estimate of drug-likeness (QED) is 0.797. The highest BCUT2D eigenvalue weighted by molar-refractivity contribution is 6.17. The number of fused-ring (bicyclic) bond motifs is 1. The minimum absolute atomic E-state index is 0.00195. The van der Waals surface area contributed by atoms with Gasteiger partial charge in [0.05, 0.1) is 5.52 Å². The summed E-state index contributed by atoms with van der Waals surface area (Å²) < 4.78 is 0. The van der Waals surface area contributed by atoms with Crippen LogP contribution < -0.4 is 5.32 Å². The van der Waals surface area contributed by atoms with Crippen LogP contribution >= 0.6 is 11.6 Å². The molecule has 0 amide bonds. The lowest BCUT2D eigenvalue weighted by Crippen LogP contribution is -2.35. The molecule has 2 aromatic rings. The fraction of sp³-hybridized carbons (Fsp3) is 0.438. The molecule has 0 aliphatic rings. The van der Waals surface area contributed by atoms with E-state index in [0.717, 1.165) is 24.2 Å². The first-order valence-electron chi connectivity index (χ1n) is 6.78. The van der Waals surface area contributed by atoms with E-state index in [1.54, 1.807) is 0 Å². The van der Waals surface area contributed by atoms with Crippen LogP contribution in [0, 0.1) is 6.92 Å². The van der Waals surface area contributed by atoms with Crippen molar-refractivity contribution in [2.24, 2.45) is 0 Å². The lowest BCUT2D eigenvalue weighted by molar-refractivity contribution is 0.479. The summed E-state index contributed by atoms with van der Waals surface area (Å²) in [5, 5.41) is 4.75. The average molecular weight is 277 g/mol. The van der Waals surface area contributed by atoms with Crippen LogP contribution in [0.5, 0.6) is 0 Å². The molecule has 1 heterocycles. The van der Waals surface area contributed by atoms with E-state index in [1.807, 2.05) is 18.2 Å². The van der Waals surface area contributed by atoms with Crippen molar-refractivity contribution >= 4 is 28.3 Å². The number of nitrogens with zero attached hydrogens (tertiary/aromatic N) is 1. The Labute approximate surface area is 120 Å². The molecule has 0 aliphatic carbocycles. The zero-order valence-corrected chi connectivity index (χ0v) is 12.6. The summed E-state index contributed by atoms with van der Waals surface area (Å²) in [5.41, 5.74) is 2.20. The zero-order chi connectivity index (χ0) is 13.9. The third-order valence-electron chi connectivity index (χ3n) is 3.76. The van der Waals surface area contributed by atoms with Gasteiger partial charge < -0.3 is 5.32 Å². The number of rotatable bonds is 5. The third kappa shape index (κ3) is 3.19. The molecule has 0 saturated carbocycles. The summed E-state index contributed by atoms with van der Waals surface area (Å²) in [4.78, 5) is 4.74. The number of hydrogen-bond donors (Lipinski definition) is 1. The Hall–Kier alpha value is -1.28. The van der Waals surface area contributed by atoms with Gasteiger partial charge in [0, 0.05) is 16.8 Å². The zero-order valence-electron chi connectivity index (χ0n) is 11.8.